The molecule has 1 fully saturated rings. The summed E-state index contributed by atoms with van der Waals surface area (Å²) in [7, 11) is 0. The van der Waals surface area contributed by atoms with E-state index in [0.29, 0.717) is 42.3 Å². The summed E-state index contributed by atoms with van der Waals surface area (Å²) >= 11 is 5.98. The Morgan fingerprint density at radius 2 is 1.97 bits per heavy atom. The van der Waals surface area contributed by atoms with Gasteiger partial charge in [-0.3, -0.25) is 4.90 Å². The van der Waals surface area contributed by atoms with Gasteiger partial charge in [-0.1, -0.05) is 29.8 Å². The van der Waals surface area contributed by atoms with Gasteiger partial charge < -0.3 is 15.2 Å². The Bertz CT molecular complexity index is 999. The number of benzene rings is 2. The lowest BCUT2D eigenvalue weighted by atomic mass is 10.0. The van der Waals surface area contributed by atoms with Crippen molar-refractivity contribution in [2.75, 3.05) is 18.4 Å². The molecule has 9 heteroatoms. The van der Waals surface area contributed by atoms with Crippen LogP contribution in [-0.4, -0.2) is 41.0 Å². The summed E-state index contributed by atoms with van der Waals surface area (Å²) in [5.74, 6) is 0. The van der Waals surface area contributed by atoms with Crippen molar-refractivity contribution in [3.05, 3.63) is 63.7 Å². The molecule has 3 rings (SSSR count). The van der Waals surface area contributed by atoms with Gasteiger partial charge >= 0.3 is 12.3 Å². The van der Waals surface area contributed by atoms with Crippen LogP contribution < -0.4 is 5.32 Å². The fraction of sp³-hybridized carbons (Fsp3) is 0.435. The number of nitrogens with one attached hydrogen (secondary N) is 1. The third-order valence-electron chi connectivity index (χ3n) is 5.75. The van der Waals surface area contributed by atoms with Gasteiger partial charge in [0.15, 0.2) is 0 Å². The zero-order chi connectivity index (χ0) is 23.7. The first-order valence-electron chi connectivity index (χ1n) is 10.2. The van der Waals surface area contributed by atoms with Crippen LogP contribution >= 0.6 is 11.6 Å². The molecule has 2 aromatic carbocycles. The van der Waals surface area contributed by atoms with Crippen molar-refractivity contribution in [1.29, 1.82) is 0 Å². The maximum Gasteiger partial charge on any atom is 0.506 e. The summed E-state index contributed by atoms with van der Waals surface area (Å²) < 4.78 is 46.6. The average Bonchev–Trinajstić information content (AvgIpc) is 3.03. The fourth-order valence-corrected chi connectivity index (χ4v) is 4.11. The summed E-state index contributed by atoms with van der Waals surface area (Å²) in [6, 6.07) is 7.53. The number of halogens is 4. The second kappa shape index (κ2) is 9.19. The summed E-state index contributed by atoms with van der Waals surface area (Å²) in [6.45, 7) is 6.85. The van der Waals surface area contributed by atoms with Crippen molar-refractivity contribution in [3.8, 4) is 0 Å². The molecule has 2 aromatic rings. The van der Waals surface area contributed by atoms with Gasteiger partial charge in [0.25, 0.3) is 0 Å². The average molecular weight is 471 g/mol. The molecule has 1 unspecified atom stereocenters. The first-order chi connectivity index (χ1) is 14.9. The smallest absolute Gasteiger partial charge is 0.450 e. The number of aryl methyl sites for hydroxylation is 2. The third kappa shape index (κ3) is 5.86. The minimum absolute atomic E-state index is 0.0858. The highest BCUT2D eigenvalue weighted by Crippen LogP contribution is 2.37. The standard InChI is InChI=1S/C23H26ClF3N2O3/c1-14-4-6-18(11-17(14)12-29-9-8-22(3,13-29)32-21(30)31)28-20(23(25,26)27)16-5-7-19(24)15(2)10-16/h4-7,10-11,20,28H,8-9,12-13H2,1-3H3,(H,30,31)/t20-,22?/m0/s1. The van der Waals surface area contributed by atoms with Crippen molar-refractivity contribution in [2.45, 2.75) is 51.6 Å². The van der Waals surface area contributed by atoms with Crippen molar-refractivity contribution < 1.29 is 27.8 Å². The Morgan fingerprint density at radius 1 is 1.25 bits per heavy atom. The highest BCUT2D eigenvalue weighted by Gasteiger charge is 2.41. The quantitative estimate of drug-likeness (QED) is 0.483. The topological polar surface area (TPSA) is 61.8 Å². The number of rotatable bonds is 6. The molecule has 0 aliphatic carbocycles. The lowest BCUT2D eigenvalue weighted by Crippen LogP contribution is -2.34. The minimum Gasteiger partial charge on any atom is -0.450 e. The Kier molecular flexibility index (Phi) is 6.95. The zero-order valence-electron chi connectivity index (χ0n) is 18.1. The molecule has 1 heterocycles. The van der Waals surface area contributed by atoms with Crippen molar-refractivity contribution >= 4 is 23.4 Å². The highest BCUT2D eigenvalue weighted by atomic mass is 35.5. The van der Waals surface area contributed by atoms with Gasteiger partial charge in [-0.15, -0.1) is 0 Å². The number of nitrogens with zero attached hydrogens (tertiary/aromatic N) is 1. The molecule has 1 saturated heterocycles. The molecule has 1 aliphatic heterocycles. The molecule has 2 N–H and O–H groups in total. The molecular formula is C23H26ClF3N2O3. The van der Waals surface area contributed by atoms with Gasteiger partial charge in [0.2, 0.25) is 0 Å². The van der Waals surface area contributed by atoms with E-state index in [0.717, 1.165) is 11.1 Å². The van der Waals surface area contributed by atoms with Gasteiger partial charge in [-0.05, 0) is 61.2 Å². The maximum atomic E-state index is 13.9. The Balaban J connectivity index is 1.79. The van der Waals surface area contributed by atoms with Gasteiger partial charge in [0, 0.05) is 36.8 Å². The van der Waals surface area contributed by atoms with E-state index in [1.165, 1.54) is 18.2 Å². The molecule has 1 aliphatic rings. The van der Waals surface area contributed by atoms with Gasteiger partial charge in [-0.25, -0.2) is 4.79 Å². The second-order valence-corrected chi connectivity index (χ2v) is 8.95. The fourth-order valence-electron chi connectivity index (χ4n) is 4.00. The molecule has 0 spiro atoms. The van der Waals surface area contributed by atoms with E-state index in [1.54, 1.807) is 32.0 Å². The largest absolute Gasteiger partial charge is 0.506 e. The van der Waals surface area contributed by atoms with Gasteiger partial charge in [0.05, 0.1) is 0 Å². The molecule has 0 amide bonds. The van der Waals surface area contributed by atoms with Crippen molar-refractivity contribution in [3.63, 3.8) is 0 Å². The monoisotopic (exact) mass is 470 g/mol. The van der Waals surface area contributed by atoms with Crippen LogP contribution in [0.15, 0.2) is 36.4 Å². The van der Waals surface area contributed by atoms with Crippen LogP contribution in [0.5, 0.6) is 0 Å². The van der Waals surface area contributed by atoms with E-state index in [-0.39, 0.29) is 5.56 Å². The van der Waals surface area contributed by atoms with E-state index < -0.39 is 24.0 Å². The number of likely N-dealkylation sites (tertiary alicyclic amines) is 1. The van der Waals surface area contributed by atoms with E-state index in [4.69, 9.17) is 21.4 Å². The van der Waals surface area contributed by atoms with Crippen LogP contribution in [0.25, 0.3) is 0 Å². The van der Waals surface area contributed by atoms with Crippen LogP contribution in [0.1, 0.15) is 41.6 Å². The number of anilines is 1. The summed E-state index contributed by atoms with van der Waals surface area (Å²) in [4.78, 5) is 13.0. The number of carboxylic acid groups (broad SMARTS) is 1. The molecule has 0 aromatic heterocycles. The van der Waals surface area contributed by atoms with E-state index in [1.807, 2.05) is 11.8 Å². The number of alkyl halides is 3. The van der Waals surface area contributed by atoms with E-state index in [2.05, 4.69) is 5.32 Å². The zero-order valence-corrected chi connectivity index (χ0v) is 18.8. The number of hydrogen-bond acceptors (Lipinski definition) is 4. The Hall–Kier alpha value is -2.45. The summed E-state index contributed by atoms with van der Waals surface area (Å²) in [6.07, 6.45) is -5.26. The molecule has 2 atom stereocenters. The SMILES string of the molecule is Cc1cc([C@H](Nc2ccc(C)c(CN3CCC(C)(OC(=O)O)C3)c2)C(F)(F)F)ccc1Cl. The molecule has 0 saturated carbocycles. The number of ether oxygens (including phenoxy) is 1. The van der Waals surface area contributed by atoms with Gasteiger partial charge in [0.1, 0.15) is 11.6 Å². The van der Waals surface area contributed by atoms with Crippen LogP contribution in [-0.2, 0) is 11.3 Å². The molecular weight excluding hydrogens is 445 g/mol. The highest BCUT2D eigenvalue weighted by molar-refractivity contribution is 6.31. The minimum atomic E-state index is -4.50. The second-order valence-electron chi connectivity index (χ2n) is 8.55. The molecule has 5 nitrogen and oxygen atoms in total. The Morgan fingerprint density at radius 3 is 2.59 bits per heavy atom. The normalized spacial score (nSPS) is 20.2. The lowest BCUT2D eigenvalue weighted by molar-refractivity contribution is -0.144. The van der Waals surface area contributed by atoms with Crippen molar-refractivity contribution in [2.24, 2.45) is 0 Å². The molecule has 0 radical (unpaired) electrons. The third-order valence-corrected chi connectivity index (χ3v) is 6.17. The van der Waals surface area contributed by atoms with Gasteiger partial charge in [-0.2, -0.15) is 13.2 Å². The van der Waals surface area contributed by atoms with Crippen LogP contribution in [0.3, 0.4) is 0 Å². The molecule has 0 bridgehead atoms. The summed E-state index contributed by atoms with van der Waals surface area (Å²) in [5, 5.41) is 12.0. The Labute approximate surface area is 190 Å². The first-order valence-corrected chi connectivity index (χ1v) is 10.6. The predicted molar refractivity (Wildman–Crippen MR) is 117 cm³/mol. The number of carbonyl (C=O) groups is 1. The van der Waals surface area contributed by atoms with E-state index >= 15 is 0 Å². The van der Waals surface area contributed by atoms with Crippen LogP contribution in [0.2, 0.25) is 5.02 Å². The van der Waals surface area contributed by atoms with E-state index in [9.17, 15) is 18.0 Å². The predicted octanol–water partition coefficient (Wildman–Crippen LogP) is 6.33. The van der Waals surface area contributed by atoms with Crippen molar-refractivity contribution in [1.82, 2.24) is 4.90 Å². The first kappa shape index (κ1) is 24.2. The lowest BCUT2D eigenvalue weighted by Gasteiger charge is -2.25. The van der Waals surface area contributed by atoms with Crippen LogP contribution in [0.4, 0.5) is 23.7 Å². The maximum absolute atomic E-state index is 13.9. The summed E-state index contributed by atoms with van der Waals surface area (Å²) in [5.41, 5.74) is 2.03. The molecule has 174 valence electrons. The number of hydrogen-bond donors (Lipinski definition) is 2. The molecule has 32 heavy (non-hydrogen) atoms. The van der Waals surface area contributed by atoms with Crippen LogP contribution in [0, 0.1) is 13.8 Å².